The van der Waals surface area contributed by atoms with Crippen molar-refractivity contribution in [3.05, 3.63) is 0 Å². The van der Waals surface area contributed by atoms with Crippen molar-refractivity contribution in [1.82, 2.24) is 0 Å². The monoisotopic (exact) mass is 150 g/mol. The van der Waals surface area contributed by atoms with Gasteiger partial charge in [0.25, 0.3) is 0 Å². The van der Waals surface area contributed by atoms with Crippen molar-refractivity contribution >= 4 is 0 Å². The minimum Gasteiger partial charge on any atom is -0.396 e. The molecule has 3 N–H and O–H groups in total. The summed E-state index contributed by atoms with van der Waals surface area (Å²) in [4.78, 5) is 3.80. The molecule has 0 aliphatic carbocycles. The van der Waals surface area contributed by atoms with Gasteiger partial charge in [-0.2, -0.15) is 0 Å². The molecule has 0 rings (SSSR count). The quantitative estimate of drug-likeness (QED) is 0.376. The predicted molar refractivity (Wildman–Crippen MR) is 35.5 cm³/mol. The summed E-state index contributed by atoms with van der Waals surface area (Å²) in [6.45, 7) is 1.66. The zero-order valence-electron chi connectivity index (χ0n) is 6.03. The Bertz CT molecular complexity index is 74.1. The first-order valence-electron chi connectivity index (χ1n) is 3.27. The summed E-state index contributed by atoms with van der Waals surface area (Å²) < 4.78 is 0. The first kappa shape index (κ1) is 9.84. The molecular formula is C6H14O4. The normalized spacial score (nSPS) is 16.8. The molecule has 2 atom stereocenters. The van der Waals surface area contributed by atoms with E-state index in [2.05, 4.69) is 4.89 Å². The number of hydrogen-bond donors (Lipinski definition) is 3. The molecule has 0 saturated carbocycles. The predicted octanol–water partition coefficient (Wildman–Crippen LogP) is -0.145. The van der Waals surface area contributed by atoms with E-state index in [1.807, 2.05) is 0 Å². The van der Waals surface area contributed by atoms with Crippen molar-refractivity contribution in [1.29, 1.82) is 0 Å². The fourth-order valence-corrected chi connectivity index (χ4v) is 0.689. The van der Waals surface area contributed by atoms with Crippen LogP contribution in [0.15, 0.2) is 0 Å². The van der Waals surface area contributed by atoms with Crippen LogP contribution in [0.4, 0.5) is 0 Å². The Morgan fingerprint density at radius 3 is 2.40 bits per heavy atom. The van der Waals surface area contributed by atoms with Crippen molar-refractivity contribution in [2.75, 3.05) is 13.2 Å². The highest BCUT2D eigenvalue weighted by atomic mass is 17.1. The van der Waals surface area contributed by atoms with E-state index >= 15 is 0 Å². The van der Waals surface area contributed by atoms with Crippen molar-refractivity contribution in [3.8, 4) is 0 Å². The summed E-state index contributed by atoms with van der Waals surface area (Å²) >= 11 is 0. The standard InChI is InChI=1S/C6H14O4/c1-5(8)6(4-7)2-3-10-9/h5-9H,2-4H2,1H3. The van der Waals surface area contributed by atoms with Gasteiger partial charge in [-0.15, -0.1) is 0 Å². The zero-order chi connectivity index (χ0) is 7.98. The van der Waals surface area contributed by atoms with Gasteiger partial charge in [-0.3, -0.25) is 5.26 Å². The average Bonchev–Trinajstić information content (AvgIpc) is 1.89. The van der Waals surface area contributed by atoms with E-state index in [0.717, 1.165) is 0 Å². The maximum atomic E-state index is 8.94. The second-order valence-electron chi connectivity index (χ2n) is 2.31. The molecule has 2 unspecified atom stereocenters. The Hall–Kier alpha value is -0.160. The Labute approximate surface area is 60.0 Å². The summed E-state index contributed by atoms with van der Waals surface area (Å²) in [5, 5.41) is 25.5. The SMILES string of the molecule is CC(O)C(CO)CCOO. The molecule has 10 heavy (non-hydrogen) atoms. The first-order valence-corrected chi connectivity index (χ1v) is 3.27. The Morgan fingerprint density at radius 2 is 2.10 bits per heavy atom. The van der Waals surface area contributed by atoms with Crippen LogP contribution in [0.1, 0.15) is 13.3 Å². The van der Waals surface area contributed by atoms with Crippen LogP contribution in [0.3, 0.4) is 0 Å². The molecule has 0 radical (unpaired) electrons. The molecule has 0 aromatic carbocycles. The molecular weight excluding hydrogens is 136 g/mol. The number of aliphatic hydroxyl groups is 2. The largest absolute Gasteiger partial charge is 0.396 e. The minimum absolute atomic E-state index is 0.0823. The number of rotatable bonds is 5. The van der Waals surface area contributed by atoms with E-state index < -0.39 is 6.10 Å². The van der Waals surface area contributed by atoms with Gasteiger partial charge in [0.2, 0.25) is 0 Å². The van der Waals surface area contributed by atoms with E-state index in [9.17, 15) is 0 Å². The molecule has 0 spiro atoms. The van der Waals surface area contributed by atoms with Crippen LogP contribution in [-0.4, -0.2) is 34.8 Å². The lowest BCUT2D eigenvalue weighted by Gasteiger charge is -2.15. The third kappa shape index (κ3) is 3.79. The van der Waals surface area contributed by atoms with Crippen LogP contribution in [-0.2, 0) is 4.89 Å². The fourth-order valence-electron chi connectivity index (χ4n) is 0.689. The van der Waals surface area contributed by atoms with E-state index in [1.165, 1.54) is 0 Å². The molecule has 0 aromatic heterocycles. The van der Waals surface area contributed by atoms with Crippen molar-refractivity contribution in [2.24, 2.45) is 5.92 Å². The number of aliphatic hydroxyl groups excluding tert-OH is 2. The van der Waals surface area contributed by atoms with E-state index in [4.69, 9.17) is 15.5 Å². The molecule has 0 aliphatic rings. The highest BCUT2D eigenvalue weighted by molar-refractivity contribution is 4.62. The van der Waals surface area contributed by atoms with Gasteiger partial charge >= 0.3 is 0 Å². The molecule has 0 aliphatic heterocycles. The molecule has 0 amide bonds. The Balaban J connectivity index is 3.40. The highest BCUT2D eigenvalue weighted by Gasteiger charge is 2.12. The van der Waals surface area contributed by atoms with Crippen LogP contribution in [0, 0.1) is 5.92 Å². The Kier molecular flexibility index (Phi) is 5.52. The van der Waals surface area contributed by atoms with Crippen molar-refractivity contribution < 1.29 is 20.4 Å². The topological polar surface area (TPSA) is 69.9 Å². The summed E-state index contributed by atoms with van der Waals surface area (Å²) in [6.07, 6.45) is -0.0925. The van der Waals surface area contributed by atoms with Gasteiger partial charge in [-0.25, -0.2) is 4.89 Å². The lowest BCUT2D eigenvalue weighted by Crippen LogP contribution is -2.21. The van der Waals surface area contributed by atoms with Gasteiger partial charge in [-0.1, -0.05) is 0 Å². The van der Waals surface area contributed by atoms with Gasteiger partial charge in [0, 0.05) is 12.5 Å². The summed E-state index contributed by atoms with van der Waals surface area (Å²) in [7, 11) is 0. The third-order valence-corrected chi connectivity index (χ3v) is 1.50. The van der Waals surface area contributed by atoms with Crippen LogP contribution in [0.2, 0.25) is 0 Å². The average molecular weight is 150 g/mol. The maximum Gasteiger partial charge on any atom is 0.0824 e. The minimum atomic E-state index is -0.555. The fraction of sp³-hybridized carbons (Fsp3) is 1.00. The molecule has 0 fully saturated rings. The van der Waals surface area contributed by atoms with E-state index in [0.29, 0.717) is 6.42 Å². The van der Waals surface area contributed by atoms with Crippen LogP contribution in [0.25, 0.3) is 0 Å². The molecule has 4 heteroatoms. The maximum absolute atomic E-state index is 8.94. The van der Waals surface area contributed by atoms with Gasteiger partial charge < -0.3 is 10.2 Å². The van der Waals surface area contributed by atoms with Crippen LogP contribution >= 0.6 is 0 Å². The Morgan fingerprint density at radius 1 is 1.50 bits per heavy atom. The molecule has 4 nitrogen and oxygen atoms in total. The van der Waals surface area contributed by atoms with Crippen molar-refractivity contribution in [3.63, 3.8) is 0 Å². The zero-order valence-corrected chi connectivity index (χ0v) is 6.03. The van der Waals surface area contributed by atoms with Crippen LogP contribution in [0.5, 0.6) is 0 Å². The molecule has 0 bridgehead atoms. The smallest absolute Gasteiger partial charge is 0.0824 e. The molecule has 0 aromatic rings. The second kappa shape index (κ2) is 5.61. The highest BCUT2D eigenvalue weighted by Crippen LogP contribution is 2.06. The lowest BCUT2D eigenvalue weighted by molar-refractivity contribution is -0.245. The van der Waals surface area contributed by atoms with Gasteiger partial charge in [0.15, 0.2) is 0 Å². The number of hydrogen-bond acceptors (Lipinski definition) is 4. The van der Waals surface area contributed by atoms with Crippen LogP contribution < -0.4 is 0 Å². The van der Waals surface area contributed by atoms with Gasteiger partial charge in [0.1, 0.15) is 0 Å². The molecule has 62 valence electrons. The van der Waals surface area contributed by atoms with E-state index in [1.54, 1.807) is 6.92 Å². The van der Waals surface area contributed by atoms with E-state index in [-0.39, 0.29) is 19.1 Å². The molecule has 0 saturated heterocycles. The summed E-state index contributed by atoms with van der Waals surface area (Å²) in [5.41, 5.74) is 0. The second-order valence-corrected chi connectivity index (χ2v) is 2.31. The lowest BCUT2D eigenvalue weighted by atomic mass is 10.0. The summed E-state index contributed by atoms with van der Waals surface area (Å²) in [5.74, 6) is -0.202. The molecule has 0 heterocycles. The third-order valence-electron chi connectivity index (χ3n) is 1.50. The van der Waals surface area contributed by atoms with Crippen molar-refractivity contribution in [2.45, 2.75) is 19.4 Å². The first-order chi connectivity index (χ1) is 4.72. The summed E-state index contributed by atoms with van der Waals surface area (Å²) in [6, 6.07) is 0. The van der Waals surface area contributed by atoms with Gasteiger partial charge in [-0.05, 0) is 13.3 Å². The van der Waals surface area contributed by atoms with Gasteiger partial charge in [0.05, 0.1) is 12.7 Å².